The Bertz CT molecular complexity index is 450. The van der Waals surface area contributed by atoms with Crippen LogP contribution < -0.4 is 15.2 Å². The minimum absolute atomic E-state index is 0.343. The Balaban J connectivity index is 1.65. The molecular weight excluding hydrogens is 240 g/mol. The largest absolute Gasteiger partial charge is 0.454 e. The fourth-order valence-corrected chi connectivity index (χ4v) is 2.97. The van der Waals surface area contributed by atoms with E-state index in [9.17, 15) is 0 Å². The molecule has 0 aliphatic carbocycles. The Hall–Kier alpha value is -1.26. The summed E-state index contributed by atoms with van der Waals surface area (Å²) in [5.41, 5.74) is 7.15. The predicted octanol–water partition coefficient (Wildman–Crippen LogP) is 1.83. The minimum atomic E-state index is 0.343. The molecule has 19 heavy (non-hydrogen) atoms. The summed E-state index contributed by atoms with van der Waals surface area (Å²) in [7, 11) is 0. The van der Waals surface area contributed by atoms with E-state index in [1.54, 1.807) is 0 Å². The number of hydrogen-bond acceptors (Lipinski definition) is 4. The first-order valence-corrected chi connectivity index (χ1v) is 7.07. The molecule has 4 heteroatoms. The summed E-state index contributed by atoms with van der Waals surface area (Å²) in [6.07, 6.45) is 1.24. The highest BCUT2D eigenvalue weighted by Crippen LogP contribution is 2.33. The van der Waals surface area contributed by atoms with Gasteiger partial charge in [0, 0.05) is 13.1 Å². The number of likely N-dealkylation sites (tertiary alicyclic amines) is 1. The van der Waals surface area contributed by atoms with Gasteiger partial charge in [-0.2, -0.15) is 0 Å². The Morgan fingerprint density at radius 3 is 3.00 bits per heavy atom. The maximum Gasteiger partial charge on any atom is 0.231 e. The summed E-state index contributed by atoms with van der Waals surface area (Å²) >= 11 is 0. The van der Waals surface area contributed by atoms with Crippen LogP contribution in [-0.4, -0.2) is 31.3 Å². The summed E-state index contributed by atoms with van der Waals surface area (Å²) in [4.78, 5) is 2.50. The van der Waals surface area contributed by atoms with E-state index in [0.29, 0.717) is 12.7 Å². The summed E-state index contributed by atoms with van der Waals surface area (Å²) < 4.78 is 10.8. The third-order valence-corrected chi connectivity index (χ3v) is 4.34. The van der Waals surface area contributed by atoms with Gasteiger partial charge in [-0.05, 0) is 49.0 Å². The van der Waals surface area contributed by atoms with Crippen LogP contribution in [0.4, 0.5) is 0 Å². The van der Waals surface area contributed by atoms with Crippen LogP contribution in [0, 0.1) is 11.8 Å². The highest BCUT2D eigenvalue weighted by Gasteiger charge is 2.25. The number of ether oxygens (including phenoxy) is 2. The minimum Gasteiger partial charge on any atom is -0.454 e. The lowest BCUT2D eigenvalue weighted by Crippen LogP contribution is -2.42. The lowest BCUT2D eigenvalue weighted by atomic mass is 9.87. The first-order chi connectivity index (χ1) is 9.26. The van der Waals surface area contributed by atoms with Gasteiger partial charge in [0.1, 0.15) is 0 Å². The summed E-state index contributed by atoms with van der Waals surface area (Å²) in [5.74, 6) is 3.11. The summed E-state index contributed by atoms with van der Waals surface area (Å²) in [6, 6.07) is 6.23. The monoisotopic (exact) mass is 262 g/mol. The van der Waals surface area contributed by atoms with Gasteiger partial charge in [-0.25, -0.2) is 0 Å². The topological polar surface area (TPSA) is 47.7 Å². The molecular formula is C15H22N2O2. The molecule has 1 saturated heterocycles. The molecule has 1 aromatic rings. The van der Waals surface area contributed by atoms with Crippen LogP contribution in [0.2, 0.25) is 0 Å². The van der Waals surface area contributed by atoms with Gasteiger partial charge in [0.05, 0.1) is 0 Å². The van der Waals surface area contributed by atoms with Gasteiger partial charge >= 0.3 is 0 Å². The predicted molar refractivity (Wildman–Crippen MR) is 74.2 cm³/mol. The fourth-order valence-electron chi connectivity index (χ4n) is 2.97. The van der Waals surface area contributed by atoms with Gasteiger partial charge in [0.2, 0.25) is 6.79 Å². The average Bonchev–Trinajstić information content (AvgIpc) is 2.88. The van der Waals surface area contributed by atoms with Gasteiger partial charge in [0.15, 0.2) is 11.5 Å². The SMILES string of the molecule is CC1CCN(Cc2ccc3c(c2)OCO3)CC1CN. The molecule has 3 rings (SSSR count). The first kappa shape index (κ1) is 12.8. The lowest BCUT2D eigenvalue weighted by Gasteiger charge is -2.36. The number of benzene rings is 1. The number of fused-ring (bicyclic) bond motifs is 1. The molecule has 2 N–H and O–H groups in total. The van der Waals surface area contributed by atoms with Crippen molar-refractivity contribution in [2.24, 2.45) is 17.6 Å². The van der Waals surface area contributed by atoms with E-state index < -0.39 is 0 Å². The van der Waals surface area contributed by atoms with Crippen LogP contribution >= 0.6 is 0 Å². The van der Waals surface area contributed by atoms with Crippen molar-refractivity contribution in [3.05, 3.63) is 23.8 Å². The van der Waals surface area contributed by atoms with Crippen LogP contribution in [0.3, 0.4) is 0 Å². The van der Waals surface area contributed by atoms with Crippen molar-refractivity contribution in [2.45, 2.75) is 19.9 Å². The molecule has 0 radical (unpaired) electrons. The van der Waals surface area contributed by atoms with Crippen molar-refractivity contribution < 1.29 is 9.47 Å². The van der Waals surface area contributed by atoms with Gasteiger partial charge < -0.3 is 15.2 Å². The molecule has 0 amide bonds. The zero-order valence-electron chi connectivity index (χ0n) is 11.5. The molecule has 2 atom stereocenters. The van der Waals surface area contributed by atoms with E-state index in [1.165, 1.54) is 12.0 Å². The molecule has 0 spiro atoms. The Morgan fingerprint density at radius 2 is 2.16 bits per heavy atom. The van der Waals surface area contributed by atoms with Crippen LogP contribution in [0.1, 0.15) is 18.9 Å². The van der Waals surface area contributed by atoms with Crippen LogP contribution in [-0.2, 0) is 6.54 Å². The second kappa shape index (κ2) is 5.39. The maximum atomic E-state index is 5.86. The van der Waals surface area contributed by atoms with Gasteiger partial charge in [-0.1, -0.05) is 13.0 Å². The van der Waals surface area contributed by atoms with E-state index in [4.69, 9.17) is 15.2 Å². The fraction of sp³-hybridized carbons (Fsp3) is 0.600. The smallest absolute Gasteiger partial charge is 0.231 e. The van der Waals surface area contributed by atoms with Crippen molar-refractivity contribution in [3.63, 3.8) is 0 Å². The molecule has 4 nitrogen and oxygen atoms in total. The standard InChI is InChI=1S/C15H22N2O2/c1-11-4-5-17(9-13(11)7-16)8-12-2-3-14-15(6-12)19-10-18-14/h2-3,6,11,13H,4-5,7-10,16H2,1H3. The van der Waals surface area contributed by atoms with Crippen LogP contribution in [0.5, 0.6) is 11.5 Å². The molecule has 2 aliphatic rings. The second-order valence-electron chi connectivity index (χ2n) is 5.68. The quantitative estimate of drug-likeness (QED) is 0.903. The maximum absolute atomic E-state index is 5.86. The number of rotatable bonds is 3. The first-order valence-electron chi connectivity index (χ1n) is 7.07. The van der Waals surface area contributed by atoms with E-state index >= 15 is 0 Å². The van der Waals surface area contributed by atoms with Gasteiger partial charge in [-0.3, -0.25) is 4.90 Å². The lowest BCUT2D eigenvalue weighted by molar-refractivity contribution is 0.126. The third-order valence-electron chi connectivity index (χ3n) is 4.34. The number of nitrogens with two attached hydrogens (primary N) is 1. The van der Waals surface area contributed by atoms with Crippen molar-refractivity contribution in [3.8, 4) is 11.5 Å². The highest BCUT2D eigenvalue weighted by atomic mass is 16.7. The van der Waals surface area contributed by atoms with Gasteiger partial charge in [0.25, 0.3) is 0 Å². The number of nitrogens with zero attached hydrogens (tertiary/aromatic N) is 1. The van der Waals surface area contributed by atoms with Crippen molar-refractivity contribution in [2.75, 3.05) is 26.4 Å². The normalized spacial score (nSPS) is 26.6. The zero-order chi connectivity index (χ0) is 13.2. The zero-order valence-corrected chi connectivity index (χ0v) is 11.5. The van der Waals surface area contributed by atoms with Crippen molar-refractivity contribution in [1.82, 2.24) is 4.90 Å². The van der Waals surface area contributed by atoms with Crippen molar-refractivity contribution in [1.29, 1.82) is 0 Å². The molecule has 1 aromatic carbocycles. The summed E-state index contributed by atoms with van der Waals surface area (Å²) in [6.45, 7) is 6.68. The highest BCUT2D eigenvalue weighted by molar-refractivity contribution is 5.44. The van der Waals surface area contributed by atoms with Crippen molar-refractivity contribution >= 4 is 0 Å². The summed E-state index contributed by atoms with van der Waals surface area (Å²) in [5, 5.41) is 0. The van der Waals surface area contributed by atoms with E-state index in [2.05, 4.69) is 24.0 Å². The molecule has 2 aliphatic heterocycles. The molecule has 104 valence electrons. The van der Waals surface area contributed by atoms with E-state index in [-0.39, 0.29) is 0 Å². The number of piperidine rings is 1. The second-order valence-corrected chi connectivity index (χ2v) is 5.68. The molecule has 0 saturated carbocycles. The molecule has 2 unspecified atom stereocenters. The van der Waals surface area contributed by atoms with E-state index in [1.807, 2.05) is 6.07 Å². The van der Waals surface area contributed by atoms with Gasteiger partial charge in [-0.15, -0.1) is 0 Å². The molecule has 0 bridgehead atoms. The average molecular weight is 262 g/mol. The molecule has 0 aromatic heterocycles. The van der Waals surface area contributed by atoms with E-state index in [0.717, 1.165) is 43.6 Å². The number of hydrogen-bond donors (Lipinski definition) is 1. The molecule has 2 heterocycles. The Morgan fingerprint density at radius 1 is 1.32 bits per heavy atom. The van der Waals surface area contributed by atoms with Crippen LogP contribution in [0.15, 0.2) is 18.2 Å². The molecule has 1 fully saturated rings. The Labute approximate surface area is 114 Å². The third kappa shape index (κ3) is 2.69. The van der Waals surface area contributed by atoms with Crippen LogP contribution in [0.25, 0.3) is 0 Å². The Kier molecular flexibility index (Phi) is 3.62.